The number of urea groups is 1. The maximum atomic E-state index is 12.6. The summed E-state index contributed by atoms with van der Waals surface area (Å²) in [6.45, 7) is 3.34. The first-order valence-corrected chi connectivity index (χ1v) is 11.3. The Bertz CT molecular complexity index is 767. The van der Waals surface area contributed by atoms with Gasteiger partial charge in [-0.2, -0.15) is 0 Å². The van der Waals surface area contributed by atoms with Gasteiger partial charge < -0.3 is 15.5 Å². The number of rotatable bonds is 7. The molecule has 3 heterocycles. The zero-order valence-electron chi connectivity index (χ0n) is 17.5. The highest BCUT2D eigenvalue weighted by molar-refractivity contribution is 6.05. The molecule has 1 aromatic rings. The van der Waals surface area contributed by atoms with Crippen LogP contribution in [0.3, 0.4) is 0 Å². The lowest BCUT2D eigenvalue weighted by molar-refractivity contribution is -0.131. The van der Waals surface area contributed by atoms with Crippen LogP contribution < -0.4 is 10.6 Å². The number of imide groups is 1. The Labute approximate surface area is 178 Å². The van der Waals surface area contributed by atoms with E-state index >= 15 is 0 Å². The van der Waals surface area contributed by atoms with Gasteiger partial charge in [-0.3, -0.25) is 14.5 Å². The molecule has 3 atom stereocenters. The van der Waals surface area contributed by atoms with Crippen LogP contribution in [0.4, 0.5) is 4.79 Å². The van der Waals surface area contributed by atoms with Crippen LogP contribution in [0.5, 0.6) is 0 Å². The minimum absolute atomic E-state index is 0.00745. The number of hydrogen-bond donors (Lipinski definition) is 2. The molecule has 2 N–H and O–H groups in total. The van der Waals surface area contributed by atoms with Gasteiger partial charge in [0.1, 0.15) is 6.04 Å². The molecule has 0 aromatic heterocycles. The van der Waals surface area contributed by atoms with Crippen LogP contribution in [-0.4, -0.2) is 65.9 Å². The van der Waals surface area contributed by atoms with E-state index in [0.29, 0.717) is 31.5 Å². The quantitative estimate of drug-likeness (QED) is 0.671. The number of nitrogens with zero attached hydrogens (tertiary/aromatic N) is 2. The van der Waals surface area contributed by atoms with Crippen molar-refractivity contribution in [3.8, 4) is 0 Å². The minimum atomic E-state index is -0.759. The second-order valence-corrected chi connectivity index (χ2v) is 8.74. The predicted octanol–water partition coefficient (Wildman–Crippen LogP) is 1.92. The second kappa shape index (κ2) is 9.60. The van der Waals surface area contributed by atoms with Gasteiger partial charge in [0, 0.05) is 19.1 Å². The van der Waals surface area contributed by atoms with Crippen molar-refractivity contribution in [3.63, 3.8) is 0 Å². The normalized spacial score (nSPS) is 26.9. The molecule has 4 amide bonds. The van der Waals surface area contributed by atoms with Crippen molar-refractivity contribution in [3.05, 3.63) is 35.9 Å². The van der Waals surface area contributed by atoms with Crippen LogP contribution in [0.15, 0.2) is 30.3 Å². The summed E-state index contributed by atoms with van der Waals surface area (Å²) >= 11 is 0. The minimum Gasteiger partial charge on any atom is -0.356 e. The summed E-state index contributed by atoms with van der Waals surface area (Å²) < 4.78 is 0. The fraction of sp³-hybridized carbons (Fsp3) is 0.609. The third kappa shape index (κ3) is 4.83. The van der Waals surface area contributed by atoms with Crippen LogP contribution in [0.1, 0.15) is 44.1 Å². The first-order valence-electron chi connectivity index (χ1n) is 11.3. The van der Waals surface area contributed by atoms with Gasteiger partial charge >= 0.3 is 6.03 Å². The molecular formula is C23H32N4O3. The number of benzene rings is 1. The summed E-state index contributed by atoms with van der Waals surface area (Å²) in [5.74, 6) is 0.0212. The number of fused-ring (bicyclic) bond motifs is 1. The molecule has 0 saturated carbocycles. The summed E-state index contributed by atoms with van der Waals surface area (Å²) in [6, 6.07) is 9.17. The van der Waals surface area contributed by atoms with Crippen molar-refractivity contribution < 1.29 is 14.4 Å². The van der Waals surface area contributed by atoms with Gasteiger partial charge in [-0.15, -0.1) is 0 Å². The molecule has 7 heteroatoms. The maximum absolute atomic E-state index is 12.6. The smallest absolute Gasteiger partial charge is 0.324 e. The molecular weight excluding hydrogens is 380 g/mol. The Morgan fingerprint density at radius 1 is 1.07 bits per heavy atom. The van der Waals surface area contributed by atoms with Crippen molar-refractivity contribution in [2.45, 2.75) is 57.0 Å². The molecule has 0 aliphatic carbocycles. The fourth-order valence-electron chi connectivity index (χ4n) is 5.13. The summed E-state index contributed by atoms with van der Waals surface area (Å²) in [4.78, 5) is 41.1. The molecule has 3 fully saturated rings. The van der Waals surface area contributed by atoms with E-state index in [1.165, 1.54) is 43.7 Å². The molecule has 0 radical (unpaired) electrons. The number of carbonyl (C=O) groups excluding carboxylic acids is 3. The lowest BCUT2D eigenvalue weighted by atomic mass is 9.83. The monoisotopic (exact) mass is 412 g/mol. The van der Waals surface area contributed by atoms with E-state index in [-0.39, 0.29) is 18.2 Å². The highest BCUT2D eigenvalue weighted by atomic mass is 16.2. The zero-order chi connectivity index (χ0) is 20.9. The molecule has 0 bridgehead atoms. The highest BCUT2D eigenvalue weighted by Crippen LogP contribution is 2.30. The summed E-state index contributed by atoms with van der Waals surface area (Å²) in [5.41, 5.74) is 1.07. The van der Waals surface area contributed by atoms with Gasteiger partial charge in [0.15, 0.2) is 0 Å². The molecule has 1 aromatic carbocycles. The number of piperidine rings is 2. The molecule has 0 unspecified atom stereocenters. The van der Waals surface area contributed by atoms with E-state index in [0.717, 1.165) is 12.0 Å². The highest BCUT2D eigenvalue weighted by Gasteiger charge is 2.39. The summed E-state index contributed by atoms with van der Waals surface area (Å²) in [5, 5.41) is 5.71. The molecule has 4 rings (SSSR count). The average Bonchev–Trinajstić information content (AvgIpc) is 3.03. The number of nitrogens with one attached hydrogen (secondary N) is 2. The topological polar surface area (TPSA) is 81.8 Å². The maximum Gasteiger partial charge on any atom is 0.324 e. The third-order valence-corrected chi connectivity index (χ3v) is 6.75. The Kier molecular flexibility index (Phi) is 6.67. The molecule has 7 nitrogen and oxygen atoms in total. The van der Waals surface area contributed by atoms with E-state index in [9.17, 15) is 14.4 Å². The third-order valence-electron chi connectivity index (χ3n) is 6.75. The lowest BCUT2D eigenvalue weighted by Crippen LogP contribution is -2.51. The standard InChI is InChI=1S/C23H32N4O3/c28-21(24-16-18-9-6-13-26-12-5-4-10-20(18)26)15-19-22(29)27(23(30)25-19)14-11-17-7-2-1-3-8-17/h1-3,7-8,18-20H,4-6,9-16H2,(H,24,28)(H,25,30)/t18-,19-,20-/m0/s1. The number of hydrogen-bond acceptors (Lipinski definition) is 4. The van der Waals surface area contributed by atoms with Crippen molar-refractivity contribution >= 4 is 17.8 Å². The van der Waals surface area contributed by atoms with Gasteiger partial charge in [-0.1, -0.05) is 36.8 Å². The molecule has 3 saturated heterocycles. The lowest BCUT2D eigenvalue weighted by Gasteiger charge is -2.44. The van der Waals surface area contributed by atoms with Gasteiger partial charge in [-0.05, 0) is 56.7 Å². The Hall–Kier alpha value is -2.41. The molecule has 30 heavy (non-hydrogen) atoms. The average molecular weight is 413 g/mol. The van der Waals surface area contributed by atoms with Crippen molar-refractivity contribution in [2.75, 3.05) is 26.2 Å². The van der Waals surface area contributed by atoms with Crippen molar-refractivity contribution in [1.29, 1.82) is 0 Å². The zero-order valence-corrected chi connectivity index (χ0v) is 17.5. The van der Waals surface area contributed by atoms with Crippen LogP contribution in [-0.2, 0) is 16.0 Å². The summed E-state index contributed by atoms with van der Waals surface area (Å²) in [7, 11) is 0. The van der Waals surface area contributed by atoms with E-state index in [1.807, 2.05) is 30.3 Å². The van der Waals surface area contributed by atoms with Crippen molar-refractivity contribution in [2.24, 2.45) is 5.92 Å². The van der Waals surface area contributed by atoms with Crippen molar-refractivity contribution in [1.82, 2.24) is 20.4 Å². The Morgan fingerprint density at radius 3 is 2.70 bits per heavy atom. The van der Waals surface area contributed by atoms with Gasteiger partial charge in [0.05, 0.1) is 6.42 Å². The fourth-order valence-corrected chi connectivity index (χ4v) is 5.13. The van der Waals surface area contributed by atoms with Crippen LogP contribution >= 0.6 is 0 Å². The number of amides is 4. The van der Waals surface area contributed by atoms with E-state index in [4.69, 9.17) is 0 Å². The molecule has 3 aliphatic rings. The van der Waals surface area contributed by atoms with Crippen LogP contribution in [0, 0.1) is 5.92 Å². The first-order chi connectivity index (χ1) is 14.6. The van der Waals surface area contributed by atoms with E-state index < -0.39 is 12.1 Å². The SMILES string of the molecule is O=C(C[C@@H]1NC(=O)N(CCc2ccccc2)C1=O)NC[C@@H]1CCCN2CCCC[C@@H]12. The molecule has 162 valence electrons. The predicted molar refractivity (Wildman–Crippen MR) is 114 cm³/mol. The summed E-state index contributed by atoms with van der Waals surface area (Å²) in [6.07, 6.45) is 6.71. The van der Waals surface area contributed by atoms with E-state index in [2.05, 4.69) is 15.5 Å². The largest absolute Gasteiger partial charge is 0.356 e. The number of carbonyl (C=O) groups is 3. The van der Waals surface area contributed by atoms with E-state index in [1.54, 1.807) is 0 Å². The Morgan fingerprint density at radius 2 is 1.87 bits per heavy atom. The first kappa shape index (κ1) is 20.8. The van der Waals surface area contributed by atoms with Gasteiger partial charge in [0.25, 0.3) is 5.91 Å². The second-order valence-electron chi connectivity index (χ2n) is 8.74. The van der Waals surface area contributed by atoms with Gasteiger partial charge in [0.2, 0.25) is 5.91 Å². The Balaban J connectivity index is 1.24. The van der Waals surface area contributed by atoms with Crippen LogP contribution in [0.25, 0.3) is 0 Å². The molecule has 3 aliphatic heterocycles. The van der Waals surface area contributed by atoms with Crippen LogP contribution in [0.2, 0.25) is 0 Å². The molecule has 0 spiro atoms. The van der Waals surface area contributed by atoms with Gasteiger partial charge in [-0.25, -0.2) is 4.79 Å².